The summed E-state index contributed by atoms with van der Waals surface area (Å²) in [5.74, 6) is 0.117. The van der Waals surface area contributed by atoms with E-state index in [2.05, 4.69) is 19.8 Å². The fraction of sp³-hybridized carbons (Fsp3) is 0.375. The molecular weight excluding hydrogens is 364 g/mol. The molecule has 0 amide bonds. The molecule has 0 radical (unpaired) electrons. The van der Waals surface area contributed by atoms with Gasteiger partial charge >= 0.3 is 12.3 Å². The summed E-state index contributed by atoms with van der Waals surface area (Å²) in [6.07, 6.45) is 3.57. The molecule has 142 valence electrons. The van der Waals surface area contributed by atoms with E-state index in [1.54, 1.807) is 0 Å². The molecule has 1 N–H and O–H groups in total. The lowest BCUT2D eigenvalue weighted by atomic mass is 10.2. The molecule has 1 saturated heterocycles. The number of aromatic amines is 1. The smallest absolute Gasteiger partial charge is 0.387 e. The van der Waals surface area contributed by atoms with Gasteiger partial charge in [-0.3, -0.25) is 10.1 Å². The molecule has 1 aromatic carbocycles. The summed E-state index contributed by atoms with van der Waals surface area (Å²) in [5.41, 5.74) is 0.694. The van der Waals surface area contributed by atoms with Gasteiger partial charge in [0.25, 0.3) is 0 Å². The molecule has 1 aliphatic rings. The van der Waals surface area contributed by atoms with Gasteiger partial charge in [-0.25, -0.2) is 9.67 Å². The molecule has 0 bridgehead atoms. The SMILES string of the molecule is O=[N+]([O-])c1cn(C2CCCCO2)nc1-c1nc2cc(OC(F)F)ccc2[nH]1. The summed E-state index contributed by atoms with van der Waals surface area (Å²) in [4.78, 5) is 18.1. The number of alkyl halides is 2. The number of hydrogen-bond donors (Lipinski definition) is 1. The van der Waals surface area contributed by atoms with Gasteiger partial charge < -0.3 is 14.5 Å². The van der Waals surface area contributed by atoms with Gasteiger partial charge in [-0.15, -0.1) is 0 Å². The summed E-state index contributed by atoms with van der Waals surface area (Å²) in [6.45, 7) is -2.38. The van der Waals surface area contributed by atoms with Crippen LogP contribution in [0.3, 0.4) is 0 Å². The highest BCUT2D eigenvalue weighted by atomic mass is 19.3. The number of rotatable bonds is 5. The van der Waals surface area contributed by atoms with E-state index in [-0.39, 0.29) is 29.2 Å². The van der Waals surface area contributed by atoms with Gasteiger partial charge in [-0.1, -0.05) is 0 Å². The third-order valence-electron chi connectivity index (χ3n) is 4.26. The number of hydrogen-bond acceptors (Lipinski definition) is 6. The second-order valence-corrected chi connectivity index (χ2v) is 6.06. The molecule has 1 unspecified atom stereocenters. The van der Waals surface area contributed by atoms with Crippen molar-refractivity contribution in [2.45, 2.75) is 32.1 Å². The standard InChI is InChI=1S/C16H15F2N5O4/c17-16(18)27-9-4-5-10-11(7-9)20-15(19-10)14-12(23(24)25)8-22(21-14)13-3-1-2-6-26-13/h4-5,7-8,13,16H,1-3,6H2,(H,19,20). The predicted molar refractivity (Wildman–Crippen MR) is 89.4 cm³/mol. The lowest BCUT2D eigenvalue weighted by Gasteiger charge is -2.22. The minimum absolute atomic E-state index is 0.0498. The van der Waals surface area contributed by atoms with Crippen molar-refractivity contribution in [1.82, 2.24) is 19.7 Å². The highest BCUT2D eigenvalue weighted by molar-refractivity contribution is 5.81. The normalized spacial score (nSPS) is 17.5. The van der Waals surface area contributed by atoms with Gasteiger partial charge in [0.1, 0.15) is 18.2 Å². The van der Waals surface area contributed by atoms with Crippen molar-refractivity contribution in [1.29, 1.82) is 0 Å². The number of nitrogens with zero attached hydrogens (tertiary/aromatic N) is 4. The van der Waals surface area contributed by atoms with Crippen molar-refractivity contribution in [3.05, 3.63) is 34.5 Å². The fourth-order valence-corrected chi connectivity index (χ4v) is 3.04. The van der Waals surface area contributed by atoms with E-state index >= 15 is 0 Å². The number of imidazole rings is 1. The maximum Gasteiger partial charge on any atom is 0.387 e. The predicted octanol–water partition coefficient (Wildman–Crippen LogP) is 3.64. The van der Waals surface area contributed by atoms with Crippen LogP contribution >= 0.6 is 0 Å². The highest BCUT2D eigenvalue weighted by Crippen LogP contribution is 2.32. The van der Waals surface area contributed by atoms with E-state index in [9.17, 15) is 18.9 Å². The topological polar surface area (TPSA) is 108 Å². The van der Waals surface area contributed by atoms with E-state index < -0.39 is 11.5 Å². The third-order valence-corrected chi connectivity index (χ3v) is 4.26. The molecule has 1 aliphatic heterocycles. The molecule has 4 rings (SSSR count). The molecule has 3 heterocycles. The van der Waals surface area contributed by atoms with Crippen molar-refractivity contribution in [3.8, 4) is 17.3 Å². The molecule has 1 atom stereocenters. The molecule has 0 aliphatic carbocycles. The van der Waals surface area contributed by atoms with Crippen LogP contribution < -0.4 is 4.74 Å². The zero-order chi connectivity index (χ0) is 19.0. The van der Waals surface area contributed by atoms with Gasteiger partial charge in [0.2, 0.25) is 5.69 Å². The number of ether oxygens (including phenoxy) is 2. The average molecular weight is 379 g/mol. The number of halogens is 2. The summed E-state index contributed by atoms with van der Waals surface area (Å²) in [6, 6.07) is 4.20. The Morgan fingerprint density at radius 3 is 2.96 bits per heavy atom. The molecule has 9 nitrogen and oxygen atoms in total. The van der Waals surface area contributed by atoms with Crippen LogP contribution in [-0.4, -0.2) is 37.9 Å². The number of nitro groups is 1. The molecule has 27 heavy (non-hydrogen) atoms. The molecule has 3 aromatic rings. The minimum atomic E-state index is -2.95. The van der Waals surface area contributed by atoms with Crippen LogP contribution in [0.2, 0.25) is 0 Å². The van der Waals surface area contributed by atoms with Crippen LogP contribution in [0.15, 0.2) is 24.4 Å². The number of H-pyrrole nitrogens is 1. The Kier molecular flexibility index (Phi) is 4.44. The Hall–Kier alpha value is -3.08. The molecule has 0 saturated carbocycles. The van der Waals surface area contributed by atoms with E-state index in [1.165, 1.54) is 29.1 Å². The first kappa shape index (κ1) is 17.3. The van der Waals surface area contributed by atoms with E-state index in [1.807, 2.05) is 0 Å². The maximum atomic E-state index is 12.4. The molecule has 11 heteroatoms. The quantitative estimate of drug-likeness (QED) is 0.536. The summed E-state index contributed by atoms with van der Waals surface area (Å²) in [5, 5.41) is 15.7. The first-order valence-corrected chi connectivity index (χ1v) is 8.31. The van der Waals surface area contributed by atoms with Gasteiger partial charge in [0, 0.05) is 12.7 Å². The second kappa shape index (κ2) is 6.91. The van der Waals surface area contributed by atoms with Crippen LogP contribution in [-0.2, 0) is 4.74 Å². The van der Waals surface area contributed by atoms with Gasteiger partial charge in [0.05, 0.1) is 16.0 Å². The van der Waals surface area contributed by atoms with Gasteiger partial charge in [0.15, 0.2) is 5.82 Å². The van der Waals surface area contributed by atoms with Crippen molar-refractivity contribution < 1.29 is 23.2 Å². The lowest BCUT2D eigenvalue weighted by molar-refractivity contribution is -0.384. The van der Waals surface area contributed by atoms with Crippen LogP contribution in [0.4, 0.5) is 14.5 Å². The van der Waals surface area contributed by atoms with E-state index in [0.717, 1.165) is 12.8 Å². The van der Waals surface area contributed by atoms with E-state index in [4.69, 9.17) is 4.74 Å². The Morgan fingerprint density at radius 1 is 1.41 bits per heavy atom. The van der Waals surface area contributed by atoms with Crippen molar-refractivity contribution in [3.63, 3.8) is 0 Å². The fourth-order valence-electron chi connectivity index (χ4n) is 3.04. The van der Waals surface area contributed by atoms with Crippen molar-refractivity contribution in [2.24, 2.45) is 0 Å². The largest absolute Gasteiger partial charge is 0.435 e. The Labute approximate surface area is 151 Å². The lowest BCUT2D eigenvalue weighted by Crippen LogP contribution is -2.18. The second-order valence-electron chi connectivity index (χ2n) is 6.06. The zero-order valence-corrected chi connectivity index (χ0v) is 14.0. The Morgan fingerprint density at radius 2 is 2.26 bits per heavy atom. The maximum absolute atomic E-state index is 12.4. The molecule has 1 fully saturated rings. The highest BCUT2D eigenvalue weighted by Gasteiger charge is 2.27. The van der Waals surface area contributed by atoms with Gasteiger partial charge in [-0.2, -0.15) is 13.9 Å². The van der Waals surface area contributed by atoms with Crippen LogP contribution in [0, 0.1) is 10.1 Å². The molecule has 0 spiro atoms. The number of aromatic nitrogens is 4. The number of benzene rings is 1. The van der Waals surface area contributed by atoms with E-state index in [0.29, 0.717) is 24.1 Å². The molecular formula is C16H15F2N5O4. The zero-order valence-electron chi connectivity index (χ0n) is 14.0. The van der Waals surface area contributed by atoms with Gasteiger partial charge in [-0.05, 0) is 31.4 Å². The summed E-state index contributed by atoms with van der Waals surface area (Å²) in [7, 11) is 0. The Bertz CT molecular complexity index is 981. The van der Waals surface area contributed by atoms with Crippen LogP contribution in [0.1, 0.15) is 25.5 Å². The monoisotopic (exact) mass is 379 g/mol. The van der Waals surface area contributed by atoms with Crippen LogP contribution in [0.5, 0.6) is 5.75 Å². The average Bonchev–Trinajstić information content (AvgIpc) is 3.25. The molecule has 2 aromatic heterocycles. The number of nitrogens with one attached hydrogen (secondary N) is 1. The minimum Gasteiger partial charge on any atom is -0.435 e. The van der Waals surface area contributed by atoms with Crippen LogP contribution in [0.25, 0.3) is 22.6 Å². The third kappa shape index (κ3) is 3.45. The summed E-state index contributed by atoms with van der Waals surface area (Å²) >= 11 is 0. The summed E-state index contributed by atoms with van der Waals surface area (Å²) < 4.78 is 36.1. The first-order chi connectivity index (χ1) is 13.0. The first-order valence-electron chi connectivity index (χ1n) is 8.31. The Balaban J connectivity index is 1.73. The van der Waals surface area contributed by atoms with Crippen molar-refractivity contribution in [2.75, 3.05) is 6.61 Å². The number of fused-ring (bicyclic) bond motifs is 1. The van der Waals surface area contributed by atoms with Crippen molar-refractivity contribution >= 4 is 16.7 Å².